The van der Waals surface area contributed by atoms with Crippen molar-refractivity contribution < 1.29 is 4.21 Å². The highest BCUT2D eigenvalue weighted by Gasteiger charge is 2.02. The van der Waals surface area contributed by atoms with Crippen LogP contribution in [0.4, 0.5) is 0 Å². The molecule has 2 rings (SSSR count). The van der Waals surface area contributed by atoms with E-state index in [1.54, 1.807) is 6.07 Å². The van der Waals surface area contributed by atoms with E-state index < -0.39 is 10.0 Å². The zero-order valence-electron chi connectivity index (χ0n) is 7.89. The van der Waals surface area contributed by atoms with Crippen LogP contribution in [0.25, 0.3) is 11.1 Å². The second-order valence-electron chi connectivity index (χ2n) is 3.12. The van der Waals surface area contributed by atoms with Crippen molar-refractivity contribution in [2.45, 2.75) is 4.90 Å². The summed E-state index contributed by atoms with van der Waals surface area (Å²) >= 11 is 0. The molecule has 2 aromatic carbocycles. The van der Waals surface area contributed by atoms with E-state index in [-0.39, 0.29) is 0 Å². The minimum atomic E-state index is -1.44. The molecule has 0 bridgehead atoms. The van der Waals surface area contributed by atoms with Gasteiger partial charge < -0.3 is 0 Å². The number of hydrogen-bond acceptors (Lipinski definition) is 1. The first-order chi connectivity index (χ1) is 7.27. The Kier molecular flexibility index (Phi) is 3.19. The lowest BCUT2D eigenvalue weighted by Gasteiger charge is -2.02. The van der Waals surface area contributed by atoms with Gasteiger partial charge in [-0.25, -0.2) is 4.21 Å². The van der Waals surface area contributed by atoms with Crippen molar-refractivity contribution in [3.63, 3.8) is 0 Å². The third-order valence-electron chi connectivity index (χ3n) is 2.13. The monoisotopic (exact) mass is 236 g/mol. The Labute approximate surface area is 95.7 Å². The van der Waals surface area contributed by atoms with Crippen LogP contribution in [0.1, 0.15) is 0 Å². The molecule has 0 saturated heterocycles. The SMILES string of the molecule is O=S(Cl)c1cccc(-c2ccccc2)c1. The van der Waals surface area contributed by atoms with Gasteiger partial charge in [0.2, 0.25) is 0 Å². The Morgan fingerprint density at radius 2 is 1.53 bits per heavy atom. The van der Waals surface area contributed by atoms with Crippen LogP contribution in [-0.2, 0) is 10.0 Å². The summed E-state index contributed by atoms with van der Waals surface area (Å²) in [5.41, 5.74) is 2.13. The Hall–Kier alpha value is -1.12. The van der Waals surface area contributed by atoms with Gasteiger partial charge >= 0.3 is 0 Å². The summed E-state index contributed by atoms with van der Waals surface area (Å²) in [5, 5.41) is 0. The van der Waals surface area contributed by atoms with Crippen molar-refractivity contribution in [2.75, 3.05) is 0 Å². The molecule has 2 aromatic rings. The number of rotatable bonds is 2. The van der Waals surface area contributed by atoms with Gasteiger partial charge in [0.1, 0.15) is 10.0 Å². The van der Waals surface area contributed by atoms with Crippen molar-refractivity contribution >= 4 is 20.7 Å². The minimum Gasteiger partial charge on any atom is -0.237 e. The van der Waals surface area contributed by atoms with Crippen LogP contribution in [0.3, 0.4) is 0 Å². The zero-order valence-corrected chi connectivity index (χ0v) is 9.46. The second kappa shape index (κ2) is 4.60. The predicted octanol–water partition coefficient (Wildman–Crippen LogP) is 3.62. The molecule has 0 aliphatic heterocycles. The van der Waals surface area contributed by atoms with Crippen molar-refractivity contribution in [1.82, 2.24) is 0 Å². The van der Waals surface area contributed by atoms with Gasteiger partial charge in [-0.2, -0.15) is 0 Å². The third-order valence-corrected chi connectivity index (χ3v) is 3.29. The van der Waals surface area contributed by atoms with Crippen molar-refractivity contribution in [3.05, 3.63) is 54.6 Å². The molecule has 3 heteroatoms. The molecule has 0 N–H and O–H groups in total. The first-order valence-corrected chi connectivity index (χ1v) is 6.48. The van der Waals surface area contributed by atoms with Crippen molar-refractivity contribution in [3.8, 4) is 11.1 Å². The van der Waals surface area contributed by atoms with E-state index in [9.17, 15) is 4.21 Å². The topological polar surface area (TPSA) is 17.1 Å². The van der Waals surface area contributed by atoms with Gasteiger partial charge in [0, 0.05) is 0 Å². The highest BCUT2D eigenvalue weighted by Crippen LogP contribution is 2.22. The molecule has 15 heavy (non-hydrogen) atoms. The molecule has 76 valence electrons. The molecular weight excluding hydrogens is 228 g/mol. The molecule has 0 aliphatic rings. The first kappa shape index (κ1) is 10.4. The maximum atomic E-state index is 11.1. The van der Waals surface area contributed by atoms with Gasteiger partial charge in [-0.05, 0) is 33.9 Å². The van der Waals surface area contributed by atoms with Crippen LogP contribution < -0.4 is 0 Å². The quantitative estimate of drug-likeness (QED) is 0.728. The van der Waals surface area contributed by atoms with Gasteiger partial charge in [0.25, 0.3) is 0 Å². The zero-order chi connectivity index (χ0) is 10.7. The average molecular weight is 237 g/mol. The van der Waals surface area contributed by atoms with E-state index in [0.29, 0.717) is 4.90 Å². The molecule has 1 atom stereocenters. The summed E-state index contributed by atoms with van der Waals surface area (Å²) < 4.78 is 11.1. The fourth-order valence-corrected chi connectivity index (χ4v) is 2.10. The standard InChI is InChI=1S/C12H9ClOS/c13-15(14)12-8-4-7-11(9-12)10-5-2-1-3-6-10/h1-9H. The van der Waals surface area contributed by atoms with Crippen molar-refractivity contribution in [1.29, 1.82) is 0 Å². The summed E-state index contributed by atoms with van der Waals surface area (Å²) in [4.78, 5) is 0.637. The van der Waals surface area contributed by atoms with Crippen LogP contribution in [0.5, 0.6) is 0 Å². The van der Waals surface area contributed by atoms with Gasteiger partial charge in [0.05, 0.1) is 4.90 Å². The van der Waals surface area contributed by atoms with Crippen LogP contribution in [0.15, 0.2) is 59.5 Å². The van der Waals surface area contributed by atoms with Crippen LogP contribution in [0.2, 0.25) is 0 Å². The Balaban J connectivity index is 2.46. The molecule has 1 unspecified atom stereocenters. The molecule has 0 radical (unpaired) electrons. The maximum Gasteiger partial charge on any atom is 0.147 e. The summed E-state index contributed by atoms with van der Waals surface area (Å²) in [5.74, 6) is 0. The van der Waals surface area contributed by atoms with E-state index >= 15 is 0 Å². The molecule has 0 aromatic heterocycles. The smallest absolute Gasteiger partial charge is 0.147 e. The van der Waals surface area contributed by atoms with E-state index in [1.165, 1.54) is 0 Å². The Bertz CT molecular complexity index is 482. The molecule has 0 amide bonds. The highest BCUT2D eigenvalue weighted by molar-refractivity contribution is 8.08. The molecule has 0 spiro atoms. The van der Waals surface area contributed by atoms with E-state index in [2.05, 4.69) is 0 Å². The number of benzene rings is 2. The lowest BCUT2D eigenvalue weighted by Crippen LogP contribution is -1.83. The maximum absolute atomic E-state index is 11.1. The average Bonchev–Trinajstić information content (AvgIpc) is 2.30. The van der Waals surface area contributed by atoms with Crippen LogP contribution in [-0.4, -0.2) is 4.21 Å². The molecule has 0 saturated carbocycles. The third kappa shape index (κ3) is 2.46. The van der Waals surface area contributed by atoms with E-state index in [1.807, 2.05) is 48.5 Å². The minimum absolute atomic E-state index is 0.637. The molecular formula is C12H9ClOS. The van der Waals surface area contributed by atoms with Crippen LogP contribution in [0, 0.1) is 0 Å². The summed E-state index contributed by atoms with van der Waals surface area (Å²) in [6.07, 6.45) is 0. The summed E-state index contributed by atoms with van der Waals surface area (Å²) in [7, 11) is 4.09. The van der Waals surface area contributed by atoms with Gasteiger partial charge in [-0.15, -0.1) is 0 Å². The Morgan fingerprint density at radius 3 is 2.20 bits per heavy atom. The predicted molar refractivity (Wildman–Crippen MR) is 64.1 cm³/mol. The number of halogens is 1. The van der Waals surface area contributed by atoms with E-state index in [0.717, 1.165) is 11.1 Å². The van der Waals surface area contributed by atoms with Gasteiger partial charge in [-0.3, -0.25) is 0 Å². The Morgan fingerprint density at radius 1 is 0.867 bits per heavy atom. The summed E-state index contributed by atoms with van der Waals surface area (Å²) in [6, 6.07) is 17.4. The van der Waals surface area contributed by atoms with Crippen molar-refractivity contribution in [2.24, 2.45) is 0 Å². The van der Waals surface area contributed by atoms with Gasteiger partial charge in [0.15, 0.2) is 0 Å². The normalized spacial score (nSPS) is 12.3. The largest absolute Gasteiger partial charge is 0.237 e. The summed E-state index contributed by atoms with van der Waals surface area (Å²) in [6.45, 7) is 0. The second-order valence-corrected chi connectivity index (χ2v) is 4.88. The molecule has 1 nitrogen and oxygen atoms in total. The first-order valence-electron chi connectivity index (χ1n) is 4.51. The fraction of sp³-hybridized carbons (Fsp3) is 0. The molecule has 0 heterocycles. The fourth-order valence-electron chi connectivity index (χ4n) is 1.41. The van der Waals surface area contributed by atoms with Gasteiger partial charge in [-0.1, -0.05) is 42.5 Å². The lowest BCUT2D eigenvalue weighted by molar-refractivity contribution is 0.691. The van der Waals surface area contributed by atoms with Crippen LogP contribution >= 0.6 is 10.7 Å². The van der Waals surface area contributed by atoms with E-state index in [4.69, 9.17) is 10.7 Å². The number of hydrogen-bond donors (Lipinski definition) is 0. The lowest BCUT2D eigenvalue weighted by atomic mass is 10.1. The molecule has 0 fully saturated rings. The molecule has 0 aliphatic carbocycles. The highest BCUT2D eigenvalue weighted by atomic mass is 35.7.